The monoisotopic (exact) mass is 369 g/mol. The summed E-state index contributed by atoms with van der Waals surface area (Å²) in [6, 6.07) is 7.00. The van der Waals surface area contributed by atoms with Crippen molar-refractivity contribution in [1.29, 1.82) is 0 Å². The van der Waals surface area contributed by atoms with Gasteiger partial charge in [0.25, 0.3) is 5.89 Å². The van der Waals surface area contributed by atoms with Gasteiger partial charge in [0, 0.05) is 25.3 Å². The molecule has 140 valence electrons. The molecular formula is C17H19N7O3. The molecule has 4 rings (SSSR count). The topological polar surface area (TPSA) is 120 Å². The first kappa shape index (κ1) is 17.2. The zero-order valence-electron chi connectivity index (χ0n) is 14.5. The van der Waals surface area contributed by atoms with Crippen LogP contribution in [0.25, 0.3) is 5.69 Å². The summed E-state index contributed by atoms with van der Waals surface area (Å²) in [5.74, 6) is 1.06. The van der Waals surface area contributed by atoms with E-state index in [9.17, 15) is 4.79 Å². The molecule has 2 amide bonds. The minimum atomic E-state index is -0.311. The van der Waals surface area contributed by atoms with Gasteiger partial charge in [0.05, 0.1) is 5.69 Å². The highest BCUT2D eigenvalue weighted by molar-refractivity contribution is 5.89. The number of hydrogen-bond donors (Lipinski definition) is 2. The highest BCUT2D eigenvalue weighted by Gasteiger charge is 2.23. The van der Waals surface area contributed by atoms with Gasteiger partial charge in [0.1, 0.15) is 18.8 Å². The molecule has 1 aliphatic heterocycles. The van der Waals surface area contributed by atoms with Gasteiger partial charge in [0.2, 0.25) is 0 Å². The standard InChI is InChI=1S/C17H19N7O3/c25-17(21-12-3-1-4-13(9-12)24-11-18-10-20-24)19-7-6-15-22-16(27-23-15)14-5-2-8-26-14/h1,3-4,9-11,14H,2,5-8H2,(H2,19,21,25)/t14-/m0/s1. The van der Waals surface area contributed by atoms with Crippen LogP contribution in [0.3, 0.4) is 0 Å². The molecule has 3 heterocycles. The van der Waals surface area contributed by atoms with E-state index in [1.807, 2.05) is 12.1 Å². The van der Waals surface area contributed by atoms with Crippen LogP contribution in [0.2, 0.25) is 0 Å². The number of urea groups is 1. The SMILES string of the molecule is O=C(NCCc1noc([C@@H]2CCCO2)n1)Nc1cccc(-n2cncn2)c1. The van der Waals surface area contributed by atoms with Gasteiger partial charge in [-0.1, -0.05) is 11.2 Å². The molecule has 1 atom stereocenters. The van der Waals surface area contributed by atoms with Crippen LogP contribution in [0.4, 0.5) is 10.5 Å². The van der Waals surface area contributed by atoms with Crippen LogP contribution in [-0.2, 0) is 11.2 Å². The van der Waals surface area contributed by atoms with Crippen molar-refractivity contribution in [3.05, 3.63) is 48.6 Å². The quantitative estimate of drug-likeness (QED) is 0.680. The summed E-state index contributed by atoms with van der Waals surface area (Å²) in [6.07, 6.45) is 5.32. The fraction of sp³-hybridized carbons (Fsp3) is 0.353. The third-order valence-corrected chi connectivity index (χ3v) is 4.11. The average molecular weight is 369 g/mol. The number of nitrogens with zero attached hydrogens (tertiary/aromatic N) is 5. The molecule has 0 radical (unpaired) electrons. The molecule has 0 unspecified atom stereocenters. The largest absolute Gasteiger partial charge is 0.368 e. The van der Waals surface area contributed by atoms with E-state index >= 15 is 0 Å². The van der Waals surface area contributed by atoms with Crippen molar-refractivity contribution in [1.82, 2.24) is 30.2 Å². The molecule has 0 saturated carbocycles. The van der Waals surface area contributed by atoms with Gasteiger partial charge >= 0.3 is 6.03 Å². The van der Waals surface area contributed by atoms with E-state index < -0.39 is 0 Å². The number of rotatable bonds is 6. The number of nitrogens with one attached hydrogen (secondary N) is 2. The Balaban J connectivity index is 1.26. The van der Waals surface area contributed by atoms with E-state index in [0.717, 1.165) is 25.1 Å². The number of amides is 2. The molecule has 1 aliphatic rings. The second-order valence-electron chi connectivity index (χ2n) is 6.07. The normalized spacial score (nSPS) is 16.4. The maximum absolute atomic E-state index is 12.1. The van der Waals surface area contributed by atoms with Crippen LogP contribution in [-0.4, -0.2) is 44.1 Å². The Morgan fingerprint density at radius 3 is 3.15 bits per heavy atom. The van der Waals surface area contributed by atoms with Crippen molar-refractivity contribution in [3.63, 3.8) is 0 Å². The molecular weight excluding hydrogens is 350 g/mol. The lowest BCUT2D eigenvalue weighted by Gasteiger charge is -2.08. The fourth-order valence-electron chi connectivity index (χ4n) is 2.80. The smallest absolute Gasteiger partial charge is 0.319 e. The predicted octanol–water partition coefficient (Wildman–Crippen LogP) is 1.87. The number of carbonyl (C=O) groups is 1. The van der Waals surface area contributed by atoms with Crippen LogP contribution in [0.1, 0.15) is 30.7 Å². The van der Waals surface area contributed by atoms with Crippen molar-refractivity contribution in [2.45, 2.75) is 25.4 Å². The fourth-order valence-corrected chi connectivity index (χ4v) is 2.80. The number of anilines is 1. The average Bonchev–Trinajstić information content (AvgIpc) is 3.43. The summed E-state index contributed by atoms with van der Waals surface area (Å²) in [4.78, 5) is 20.3. The van der Waals surface area contributed by atoms with Gasteiger partial charge in [-0.25, -0.2) is 14.5 Å². The van der Waals surface area contributed by atoms with Crippen molar-refractivity contribution in [2.75, 3.05) is 18.5 Å². The van der Waals surface area contributed by atoms with E-state index in [1.165, 1.54) is 6.33 Å². The lowest BCUT2D eigenvalue weighted by Crippen LogP contribution is -2.30. The Labute approximate surface area is 154 Å². The first-order valence-corrected chi connectivity index (χ1v) is 8.72. The van der Waals surface area contributed by atoms with Crippen LogP contribution in [0, 0.1) is 0 Å². The van der Waals surface area contributed by atoms with Crippen molar-refractivity contribution >= 4 is 11.7 Å². The van der Waals surface area contributed by atoms with Gasteiger partial charge in [-0.15, -0.1) is 0 Å². The Hall–Kier alpha value is -3.27. The molecule has 0 bridgehead atoms. The highest BCUT2D eigenvalue weighted by atomic mass is 16.5. The molecule has 0 spiro atoms. The van der Waals surface area contributed by atoms with Gasteiger partial charge < -0.3 is 19.9 Å². The van der Waals surface area contributed by atoms with Gasteiger partial charge in [0.15, 0.2) is 5.82 Å². The Kier molecular flexibility index (Phi) is 5.06. The van der Waals surface area contributed by atoms with E-state index in [2.05, 4.69) is 30.9 Å². The second-order valence-corrected chi connectivity index (χ2v) is 6.07. The Morgan fingerprint density at radius 1 is 1.37 bits per heavy atom. The number of aromatic nitrogens is 5. The van der Waals surface area contributed by atoms with Crippen LogP contribution < -0.4 is 10.6 Å². The van der Waals surface area contributed by atoms with Crippen molar-refractivity contribution in [2.24, 2.45) is 0 Å². The summed E-state index contributed by atoms with van der Waals surface area (Å²) in [5.41, 5.74) is 1.46. The molecule has 3 aromatic rings. The lowest BCUT2D eigenvalue weighted by molar-refractivity contribution is 0.0835. The van der Waals surface area contributed by atoms with E-state index in [4.69, 9.17) is 9.26 Å². The van der Waals surface area contributed by atoms with Crippen LogP contribution >= 0.6 is 0 Å². The molecule has 10 heteroatoms. The summed E-state index contributed by atoms with van der Waals surface area (Å²) in [6.45, 7) is 1.11. The third kappa shape index (κ3) is 4.29. The van der Waals surface area contributed by atoms with Crippen molar-refractivity contribution in [3.8, 4) is 5.69 Å². The molecule has 10 nitrogen and oxygen atoms in total. The van der Waals surface area contributed by atoms with Gasteiger partial charge in [-0.3, -0.25) is 0 Å². The van der Waals surface area contributed by atoms with Crippen LogP contribution in [0.15, 0.2) is 41.4 Å². The molecule has 27 heavy (non-hydrogen) atoms. The predicted molar refractivity (Wildman–Crippen MR) is 94.3 cm³/mol. The van der Waals surface area contributed by atoms with E-state index in [0.29, 0.717) is 30.4 Å². The molecule has 2 aromatic heterocycles. The zero-order valence-corrected chi connectivity index (χ0v) is 14.5. The first-order valence-electron chi connectivity index (χ1n) is 8.72. The minimum Gasteiger partial charge on any atom is -0.368 e. The summed E-state index contributed by atoms with van der Waals surface area (Å²) in [7, 11) is 0. The molecule has 1 saturated heterocycles. The number of hydrogen-bond acceptors (Lipinski definition) is 7. The summed E-state index contributed by atoms with van der Waals surface area (Å²) in [5, 5.41) is 13.6. The van der Waals surface area contributed by atoms with Crippen molar-refractivity contribution < 1.29 is 14.1 Å². The number of carbonyl (C=O) groups excluding carboxylic acids is 1. The molecule has 1 fully saturated rings. The highest BCUT2D eigenvalue weighted by Crippen LogP contribution is 2.26. The van der Waals surface area contributed by atoms with Gasteiger partial charge in [-0.05, 0) is 31.0 Å². The maximum Gasteiger partial charge on any atom is 0.319 e. The molecule has 1 aromatic carbocycles. The van der Waals surface area contributed by atoms with Gasteiger partial charge in [-0.2, -0.15) is 10.1 Å². The lowest BCUT2D eigenvalue weighted by atomic mass is 10.2. The number of ether oxygens (including phenoxy) is 1. The Morgan fingerprint density at radius 2 is 2.33 bits per heavy atom. The minimum absolute atomic E-state index is 0.0974. The second kappa shape index (κ2) is 7.96. The first-order chi connectivity index (χ1) is 13.3. The molecule has 0 aliphatic carbocycles. The summed E-state index contributed by atoms with van der Waals surface area (Å²) < 4.78 is 12.4. The number of benzene rings is 1. The van der Waals surface area contributed by atoms with E-state index in [1.54, 1.807) is 23.1 Å². The maximum atomic E-state index is 12.1. The zero-order chi connectivity index (χ0) is 18.5. The summed E-state index contributed by atoms with van der Waals surface area (Å²) >= 11 is 0. The van der Waals surface area contributed by atoms with Crippen LogP contribution in [0.5, 0.6) is 0 Å². The third-order valence-electron chi connectivity index (χ3n) is 4.11. The molecule has 2 N–H and O–H groups in total. The van der Waals surface area contributed by atoms with E-state index in [-0.39, 0.29) is 12.1 Å². The Bertz CT molecular complexity index is 888.